The first-order chi connectivity index (χ1) is 14.7. The Morgan fingerprint density at radius 3 is 1.97 bits per heavy atom. The van der Waals surface area contributed by atoms with Crippen LogP contribution in [0.5, 0.6) is 5.75 Å². The molecular formula is C23H21F6NO. The number of hydrogen-bond donors (Lipinski definition) is 0. The minimum atomic E-state index is -4.53. The zero-order valence-electron chi connectivity index (χ0n) is 16.8. The highest BCUT2D eigenvalue weighted by Crippen LogP contribution is 2.41. The molecule has 3 rings (SSSR count). The van der Waals surface area contributed by atoms with Gasteiger partial charge in [0.1, 0.15) is 46.2 Å². The lowest BCUT2D eigenvalue weighted by Crippen LogP contribution is -2.26. The van der Waals surface area contributed by atoms with Gasteiger partial charge in [0.25, 0.3) is 0 Å². The van der Waals surface area contributed by atoms with Crippen molar-refractivity contribution < 1.29 is 31.1 Å². The van der Waals surface area contributed by atoms with Gasteiger partial charge >= 0.3 is 6.11 Å². The van der Waals surface area contributed by atoms with E-state index in [4.69, 9.17) is 5.26 Å². The van der Waals surface area contributed by atoms with E-state index in [0.717, 1.165) is 50.7 Å². The molecule has 0 N–H and O–H groups in total. The van der Waals surface area contributed by atoms with Crippen molar-refractivity contribution in [1.29, 1.82) is 5.26 Å². The Hall–Kier alpha value is -2.69. The second kappa shape index (κ2) is 9.21. The average Bonchev–Trinajstić information content (AvgIpc) is 2.67. The molecule has 2 aromatic carbocycles. The second-order valence-electron chi connectivity index (χ2n) is 7.86. The highest BCUT2D eigenvalue weighted by Gasteiger charge is 2.42. The quantitative estimate of drug-likeness (QED) is 0.440. The van der Waals surface area contributed by atoms with E-state index >= 15 is 0 Å². The number of halogens is 6. The highest BCUT2D eigenvalue weighted by molar-refractivity contribution is 5.39. The molecule has 0 radical (unpaired) electrons. The van der Waals surface area contributed by atoms with Gasteiger partial charge in [0.05, 0.1) is 0 Å². The van der Waals surface area contributed by atoms with Gasteiger partial charge in [-0.3, -0.25) is 0 Å². The van der Waals surface area contributed by atoms with Gasteiger partial charge in [-0.1, -0.05) is 19.8 Å². The summed E-state index contributed by atoms with van der Waals surface area (Å²) >= 11 is 0. The van der Waals surface area contributed by atoms with Crippen molar-refractivity contribution in [3.8, 4) is 11.8 Å². The first-order valence-corrected chi connectivity index (χ1v) is 10.1. The van der Waals surface area contributed by atoms with E-state index in [2.05, 4.69) is 11.7 Å². The van der Waals surface area contributed by atoms with Crippen molar-refractivity contribution in [3.63, 3.8) is 0 Å². The molecular weight excluding hydrogens is 420 g/mol. The smallest absolute Gasteiger partial charge is 0.429 e. The number of hydrogen-bond acceptors (Lipinski definition) is 2. The van der Waals surface area contributed by atoms with Crippen LogP contribution in [0.4, 0.5) is 26.3 Å². The molecule has 0 amide bonds. The molecule has 2 aromatic rings. The summed E-state index contributed by atoms with van der Waals surface area (Å²) in [6, 6.07) is 3.70. The molecule has 0 spiro atoms. The predicted octanol–water partition coefficient (Wildman–Crippen LogP) is 7.32. The third kappa shape index (κ3) is 4.97. The fourth-order valence-corrected chi connectivity index (χ4v) is 4.21. The molecule has 0 atom stereocenters. The number of alkyl halides is 2. The number of nitrogens with zero attached hydrogens (tertiary/aromatic N) is 1. The molecule has 1 saturated carbocycles. The van der Waals surface area contributed by atoms with Gasteiger partial charge in [-0.05, 0) is 55.2 Å². The van der Waals surface area contributed by atoms with E-state index < -0.39 is 46.3 Å². The lowest BCUT2D eigenvalue weighted by atomic mass is 9.77. The van der Waals surface area contributed by atoms with Gasteiger partial charge in [0, 0.05) is 12.1 Å². The third-order valence-corrected chi connectivity index (χ3v) is 5.74. The van der Waals surface area contributed by atoms with Crippen molar-refractivity contribution in [2.75, 3.05) is 0 Å². The van der Waals surface area contributed by atoms with Crippen LogP contribution in [0.25, 0.3) is 0 Å². The number of ether oxygens (including phenoxy) is 1. The Morgan fingerprint density at radius 2 is 1.48 bits per heavy atom. The molecule has 0 aliphatic heterocycles. The molecule has 31 heavy (non-hydrogen) atoms. The van der Waals surface area contributed by atoms with E-state index in [1.807, 2.05) is 0 Å². The maximum atomic E-state index is 14.5. The van der Waals surface area contributed by atoms with Crippen molar-refractivity contribution in [3.05, 3.63) is 64.2 Å². The summed E-state index contributed by atoms with van der Waals surface area (Å²) in [6.45, 7) is 2.10. The van der Waals surface area contributed by atoms with Crippen LogP contribution >= 0.6 is 0 Å². The summed E-state index contributed by atoms with van der Waals surface area (Å²) in [4.78, 5) is 0. The fraction of sp³-hybridized carbons (Fsp3) is 0.435. The number of benzene rings is 2. The zero-order chi connectivity index (χ0) is 22.8. The Kier molecular flexibility index (Phi) is 6.83. The van der Waals surface area contributed by atoms with Crippen LogP contribution in [0.2, 0.25) is 0 Å². The van der Waals surface area contributed by atoms with Gasteiger partial charge in [-0.2, -0.15) is 14.0 Å². The van der Waals surface area contributed by atoms with E-state index in [-0.39, 0.29) is 5.92 Å². The summed E-state index contributed by atoms with van der Waals surface area (Å²) in [5.41, 5.74) is -2.31. The maximum Gasteiger partial charge on any atom is 0.432 e. The van der Waals surface area contributed by atoms with Crippen LogP contribution in [-0.4, -0.2) is 0 Å². The summed E-state index contributed by atoms with van der Waals surface area (Å²) in [5.74, 6) is -6.40. The first kappa shape index (κ1) is 23.0. The van der Waals surface area contributed by atoms with Gasteiger partial charge < -0.3 is 4.74 Å². The molecule has 1 fully saturated rings. The molecule has 0 heterocycles. The Morgan fingerprint density at radius 1 is 0.935 bits per heavy atom. The van der Waals surface area contributed by atoms with Crippen LogP contribution in [0.3, 0.4) is 0 Å². The Bertz CT molecular complexity index is 946. The molecule has 166 valence electrons. The molecule has 0 bridgehead atoms. The molecule has 2 nitrogen and oxygen atoms in total. The van der Waals surface area contributed by atoms with E-state index in [1.54, 1.807) is 0 Å². The lowest BCUT2D eigenvalue weighted by Gasteiger charge is -2.29. The normalized spacial score (nSPS) is 19.2. The van der Waals surface area contributed by atoms with Gasteiger partial charge in [0.2, 0.25) is 0 Å². The summed E-state index contributed by atoms with van der Waals surface area (Å²) in [7, 11) is 0. The van der Waals surface area contributed by atoms with E-state index in [9.17, 15) is 26.3 Å². The molecule has 1 aliphatic rings. The van der Waals surface area contributed by atoms with Crippen molar-refractivity contribution in [2.45, 2.75) is 57.5 Å². The number of nitriles is 1. The predicted molar refractivity (Wildman–Crippen MR) is 102 cm³/mol. The molecule has 1 aliphatic carbocycles. The second-order valence-corrected chi connectivity index (χ2v) is 7.86. The topological polar surface area (TPSA) is 33.0 Å². The largest absolute Gasteiger partial charge is 0.432 e. The Labute approximate surface area is 176 Å². The SMILES string of the molecule is CCCC1CCC(c2cc(F)c(C(F)(F)Oc3cc(F)c(C#N)c(F)c3)c(F)c2)CC1. The van der Waals surface area contributed by atoms with Crippen LogP contribution in [0.15, 0.2) is 24.3 Å². The highest BCUT2D eigenvalue weighted by atomic mass is 19.3. The monoisotopic (exact) mass is 441 g/mol. The minimum Gasteiger partial charge on any atom is -0.429 e. The fourth-order valence-electron chi connectivity index (χ4n) is 4.21. The zero-order valence-corrected chi connectivity index (χ0v) is 16.8. The van der Waals surface area contributed by atoms with Crippen molar-refractivity contribution in [1.82, 2.24) is 0 Å². The van der Waals surface area contributed by atoms with Crippen LogP contribution in [-0.2, 0) is 6.11 Å². The average molecular weight is 441 g/mol. The first-order valence-electron chi connectivity index (χ1n) is 10.1. The van der Waals surface area contributed by atoms with E-state index in [1.165, 1.54) is 6.07 Å². The van der Waals surface area contributed by atoms with Gasteiger partial charge in [0.15, 0.2) is 0 Å². The van der Waals surface area contributed by atoms with Crippen LogP contribution in [0.1, 0.15) is 68.1 Å². The lowest BCUT2D eigenvalue weighted by molar-refractivity contribution is -0.189. The van der Waals surface area contributed by atoms with E-state index in [0.29, 0.717) is 23.6 Å². The summed E-state index contributed by atoms with van der Waals surface area (Å²) in [6.07, 6.45) is 0.902. The summed E-state index contributed by atoms with van der Waals surface area (Å²) < 4.78 is 89.6. The van der Waals surface area contributed by atoms with Crippen molar-refractivity contribution in [2.24, 2.45) is 5.92 Å². The molecule has 0 unspecified atom stereocenters. The third-order valence-electron chi connectivity index (χ3n) is 5.74. The van der Waals surface area contributed by atoms with Crippen molar-refractivity contribution >= 4 is 0 Å². The van der Waals surface area contributed by atoms with Crippen LogP contribution < -0.4 is 4.74 Å². The number of rotatable bonds is 6. The van der Waals surface area contributed by atoms with Gasteiger partial charge in [-0.15, -0.1) is 0 Å². The molecule has 0 saturated heterocycles. The van der Waals surface area contributed by atoms with Crippen LogP contribution in [0, 0.1) is 40.5 Å². The Balaban J connectivity index is 1.83. The standard InChI is InChI=1S/C23H21F6NO/c1-2-3-13-4-6-14(7-5-13)15-8-20(26)22(21(27)9-15)23(28,29)31-16-10-18(24)17(12-30)19(25)11-16/h8-11,13-14H,2-7H2,1H3. The van der Waals surface area contributed by atoms with Gasteiger partial charge in [-0.25, -0.2) is 17.6 Å². The minimum absolute atomic E-state index is 0.123. The molecule has 0 aromatic heterocycles. The maximum absolute atomic E-state index is 14.5. The summed E-state index contributed by atoms with van der Waals surface area (Å²) in [5, 5.41) is 8.63. The molecule has 8 heteroatoms.